The molecular formula is C17H34N2. The summed E-state index contributed by atoms with van der Waals surface area (Å²) in [5.74, 6) is 1.82. The smallest absolute Gasteiger partial charge is 0.0159 e. The Morgan fingerprint density at radius 2 is 1.84 bits per heavy atom. The lowest BCUT2D eigenvalue weighted by Gasteiger charge is -2.36. The number of rotatable bonds is 5. The van der Waals surface area contributed by atoms with E-state index in [1.165, 1.54) is 58.3 Å². The second kappa shape index (κ2) is 6.58. The van der Waals surface area contributed by atoms with Gasteiger partial charge in [-0.2, -0.15) is 0 Å². The van der Waals surface area contributed by atoms with Gasteiger partial charge in [0.2, 0.25) is 0 Å². The molecule has 1 N–H and O–H groups in total. The van der Waals surface area contributed by atoms with E-state index in [4.69, 9.17) is 0 Å². The summed E-state index contributed by atoms with van der Waals surface area (Å²) in [6.45, 7) is 14.8. The van der Waals surface area contributed by atoms with Crippen molar-refractivity contribution >= 4 is 0 Å². The van der Waals surface area contributed by atoms with Gasteiger partial charge in [-0.15, -0.1) is 0 Å². The van der Waals surface area contributed by atoms with Gasteiger partial charge in [-0.05, 0) is 69.0 Å². The van der Waals surface area contributed by atoms with E-state index in [1.54, 1.807) is 0 Å². The van der Waals surface area contributed by atoms with Crippen molar-refractivity contribution in [2.75, 3.05) is 26.2 Å². The topological polar surface area (TPSA) is 15.3 Å². The van der Waals surface area contributed by atoms with Crippen LogP contribution in [0.15, 0.2) is 0 Å². The molecule has 2 nitrogen and oxygen atoms in total. The second-order valence-electron chi connectivity index (χ2n) is 7.70. The van der Waals surface area contributed by atoms with Crippen molar-refractivity contribution in [2.45, 2.75) is 65.8 Å². The van der Waals surface area contributed by atoms with E-state index in [2.05, 4.69) is 37.9 Å². The van der Waals surface area contributed by atoms with E-state index in [1.807, 2.05) is 0 Å². The lowest BCUT2D eigenvalue weighted by molar-refractivity contribution is 0.145. The predicted molar refractivity (Wildman–Crippen MR) is 83.4 cm³/mol. The van der Waals surface area contributed by atoms with E-state index in [9.17, 15) is 0 Å². The number of nitrogens with zero attached hydrogens (tertiary/aromatic N) is 1. The zero-order chi connectivity index (χ0) is 13.9. The highest BCUT2D eigenvalue weighted by Crippen LogP contribution is 2.41. The maximum atomic E-state index is 3.84. The van der Waals surface area contributed by atoms with Crippen molar-refractivity contribution in [1.82, 2.24) is 10.2 Å². The first-order valence-electron chi connectivity index (χ1n) is 8.48. The number of piperidine rings is 1. The molecule has 1 aliphatic carbocycles. The molecule has 2 fully saturated rings. The van der Waals surface area contributed by atoms with Crippen LogP contribution in [0, 0.1) is 17.3 Å². The molecule has 2 heteroatoms. The third-order valence-corrected chi connectivity index (χ3v) is 5.46. The molecule has 0 aromatic rings. The average Bonchev–Trinajstić information content (AvgIpc) is 2.65. The Morgan fingerprint density at radius 1 is 1.16 bits per heavy atom. The van der Waals surface area contributed by atoms with Gasteiger partial charge >= 0.3 is 0 Å². The first-order valence-corrected chi connectivity index (χ1v) is 8.48. The van der Waals surface area contributed by atoms with Gasteiger partial charge in [0.1, 0.15) is 0 Å². The molecule has 2 atom stereocenters. The molecule has 1 saturated carbocycles. The van der Waals surface area contributed by atoms with Crippen LogP contribution in [0.2, 0.25) is 0 Å². The van der Waals surface area contributed by atoms with Crippen molar-refractivity contribution < 1.29 is 0 Å². The van der Waals surface area contributed by atoms with Crippen molar-refractivity contribution in [1.29, 1.82) is 0 Å². The minimum Gasteiger partial charge on any atom is -0.313 e. The van der Waals surface area contributed by atoms with Crippen LogP contribution in [0.4, 0.5) is 0 Å². The number of hydrogen-bond acceptors (Lipinski definition) is 2. The standard InChI is InChI=1S/C17H34N2/c1-5-10-18-16-15(6-9-17(16,3)4)13-19-11-7-14(2)8-12-19/h14-16,18H,5-13H2,1-4H3. The van der Waals surface area contributed by atoms with Gasteiger partial charge in [-0.3, -0.25) is 0 Å². The third-order valence-electron chi connectivity index (χ3n) is 5.46. The summed E-state index contributed by atoms with van der Waals surface area (Å²) in [6.07, 6.45) is 6.87. The fourth-order valence-electron chi connectivity index (χ4n) is 4.03. The Hall–Kier alpha value is -0.0800. The lowest BCUT2D eigenvalue weighted by Crippen LogP contribution is -2.47. The monoisotopic (exact) mass is 266 g/mol. The molecule has 2 rings (SSSR count). The first-order chi connectivity index (χ1) is 9.03. The molecule has 0 aromatic heterocycles. The van der Waals surface area contributed by atoms with Crippen LogP contribution in [0.25, 0.3) is 0 Å². The normalized spacial score (nSPS) is 32.8. The van der Waals surface area contributed by atoms with Crippen molar-refractivity contribution in [3.8, 4) is 0 Å². The van der Waals surface area contributed by atoms with Gasteiger partial charge < -0.3 is 10.2 Å². The maximum Gasteiger partial charge on any atom is 0.0159 e. The molecule has 1 aliphatic heterocycles. The summed E-state index contributed by atoms with van der Waals surface area (Å²) in [5, 5.41) is 3.84. The third kappa shape index (κ3) is 3.95. The van der Waals surface area contributed by atoms with E-state index in [-0.39, 0.29) is 0 Å². The molecule has 2 aliphatic rings. The van der Waals surface area contributed by atoms with Crippen LogP contribution in [-0.4, -0.2) is 37.1 Å². The summed E-state index contributed by atoms with van der Waals surface area (Å²) >= 11 is 0. The van der Waals surface area contributed by atoms with Crippen LogP contribution >= 0.6 is 0 Å². The van der Waals surface area contributed by atoms with Gasteiger partial charge in [0.05, 0.1) is 0 Å². The van der Waals surface area contributed by atoms with Crippen molar-refractivity contribution in [3.63, 3.8) is 0 Å². The molecule has 19 heavy (non-hydrogen) atoms. The summed E-state index contributed by atoms with van der Waals surface area (Å²) in [7, 11) is 0. The highest BCUT2D eigenvalue weighted by atomic mass is 15.1. The van der Waals surface area contributed by atoms with E-state index >= 15 is 0 Å². The van der Waals surface area contributed by atoms with E-state index in [0.29, 0.717) is 5.41 Å². The summed E-state index contributed by atoms with van der Waals surface area (Å²) in [4.78, 5) is 2.73. The van der Waals surface area contributed by atoms with Gasteiger partial charge in [0, 0.05) is 12.6 Å². The Morgan fingerprint density at radius 3 is 2.47 bits per heavy atom. The Balaban J connectivity index is 1.87. The van der Waals surface area contributed by atoms with Crippen LogP contribution in [-0.2, 0) is 0 Å². The SMILES string of the molecule is CCCNC1C(CN2CCC(C)CC2)CCC1(C)C. The minimum atomic E-state index is 0.489. The molecule has 2 unspecified atom stereocenters. The van der Waals surface area contributed by atoms with Crippen LogP contribution < -0.4 is 5.32 Å². The summed E-state index contributed by atoms with van der Waals surface area (Å²) in [5.41, 5.74) is 0.489. The zero-order valence-corrected chi connectivity index (χ0v) is 13.5. The molecule has 1 heterocycles. The molecule has 0 aromatic carbocycles. The molecule has 0 radical (unpaired) electrons. The molecule has 112 valence electrons. The van der Waals surface area contributed by atoms with Crippen LogP contribution in [0.3, 0.4) is 0 Å². The molecule has 0 bridgehead atoms. The molecule has 0 spiro atoms. The van der Waals surface area contributed by atoms with Gasteiger partial charge in [0.25, 0.3) is 0 Å². The molecular weight excluding hydrogens is 232 g/mol. The average molecular weight is 266 g/mol. The highest BCUT2D eigenvalue weighted by Gasteiger charge is 2.41. The fraction of sp³-hybridized carbons (Fsp3) is 1.00. The van der Waals surface area contributed by atoms with Gasteiger partial charge in [-0.25, -0.2) is 0 Å². The summed E-state index contributed by atoms with van der Waals surface area (Å²) in [6, 6.07) is 0.729. The molecule has 0 amide bonds. The highest BCUT2D eigenvalue weighted by molar-refractivity contribution is 4.97. The van der Waals surface area contributed by atoms with Crippen molar-refractivity contribution in [2.24, 2.45) is 17.3 Å². The van der Waals surface area contributed by atoms with E-state index < -0.39 is 0 Å². The summed E-state index contributed by atoms with van der Waals surface area (Å²) < 4.78 is 0. The fourth-order valence-corrected chi connectivity index (χ4v) is 4.03. The number of nitrogens with one attached hydrogen (secondary N) is 1. The molecule has 1 saturated heterocycles. The minimum absolute atomic E-state index is 0.489. The zero-order valence-electron chi connectivity index (χ0n) is 13.5. The van der Waals surface area contributed by atoms with Gasteiger partial charge in [0.15, 0.2) is 0 Å². The van der Waals surface area contributed by atoms with Crippen molar-refractivity contribution in [3.05, 3.63) is 0 Å². The maximum absolute atomic E-state index is 3.84. The lowest BCUT2D eigenvalue weighted by atomic mass is 9.84. The van der Waals surface area contributed by atoms with Crippen LogP contribution in [0.1, 0.15) is 59.8 Å². The first kappa shape index (κ1) is 15.3. The largest absolute Gasteiger partial charge is 0.313 e. The Kier molecular flexibility index (Phi) is 5.30. The van der Waals surface area contributed by atoms with Gasteiger partial charge in [-0.1, -0.05) is 27.7 Å². The Labute approximate surface area is 120 Å². The number of likely N-dealkylation sites (tertiary alicyclic amines) is 1. The van der Waals surface area contributed by atoms with Crippen LogP contribution in [0.5, 0.6) is 0 Å². The quantitative estimate of drug-likeness (QED) is 0.819. The number of hydrogen-bond donors (Lipinski definition) is 1. The van der Waals surface area contributed by atoms with E-state index in [0.717, 1.165) is 17.9 Å². The predicted octanol–water partition coefficient (Wildman–Crippen LogP) is 3.52. The Bertz CT molecular complexity index is 266. The second-order valence-corrected chi connectivity index (χ2v) is 7.70.